The molecule has 0 aromatic heterocycles. The Balaban J connectivity index is 2.46. The summed E-state index contributed by atoms with van der Waals surface area (Å²) in [6.45, 7) is 2.06. The molecule has 0 fully saturated rings. The van der Waals surface area contributed by atoms with Gasteiger partial charge in [-0.25, -0.2) is 8.42 Å². The fourth-order valence-electron chi connectivity index (χ4n) is 2.54. The molecule has 0 bridgehead atoms. The summed E-state index contributed by atoms with van der Waals surface area (Å²) in [4.78, 5) is 0.440. The van der Waals surface area contributed by atoms with Crippen molar-refractivity contribution in [3.63, 3.8) is 0 Å². The zero-order chi connectivity index (χ0) is 13.3. The summed E-state index contributed by atoms with van der Waals surface area (Å²) in [5.41, 5.74) is 0.849. The second-order valence-corrected chi connectivity index (χ2v) is 6.78. The van der Waals surface area contributed by atoms with Gasteiger partial charge in [-0.3, -0.25) is 0 Å². The Kier molecular flexibility index (Phi) is 3.64. The van der Waals surface area contributed by atoms with Crippen LogP contribution in [0.2, 0.25) is 0 Å². The van der Waals surface area contributed by atoms with Crippen molar-refractivity contribution in [1.82, 2.24) is 5.32 Å². The van der Waals surface area contributed by atoms with Gasteiger partial charge < -0.3 is 10.1 Å². The van der Waals surface area contributed by atoms with Crippen LogP contribution in [0, 0.1) is 0 Å². The van der Waals surface area contributed by atoms with Gasteiger partial charge in [0.15, 0.2) is 9.84 Å². The molecule has 1 aliphatic rings. The summed E-state index contributed by atoms with van der Waals surface area (Å²) in [6, 6.07) is 5.52. The van der Waals surface area contributed by atoms with Crippen molar-refractivity contribution in [1.29, 1.82) is 0 Å². The maximum Gasteiger partial charge on any atom is 0.179 e. The van der Waals surface area contributed by atoms with Crippen molar-refractivity contribution >= 4 is 9.84 Å². The number of fused-ring (bicyclic) bond motifs is 1. The van der Waals surface area contributed by atoms with E-state index in [-0.39, 0.29) is 17.7 Å². The molecule has 5 heteroatoms. The minimum atomic E-state index is -3.15. The third kappa shape index (κ3) is 2.24. The lowest BCUT2D eigenvalue weighted by molar-refractivity contribution is 0.401. The Morgan fingerprint density at radius 3 is 2.83 bits per heavy atom. The van der Waals surface area contributed by atoms with E-state index in [1.807, 2.05) is 13.1 Å². The minimum Gasteiger partial charge on any atom is -0.496 e. The van der Waals surface area contributed by atoms with Gasteiger partial charge in [-0.15, -0.1) is 0 Å². The van der Waals surface area contributed by atoms with Gasteiger partial charge in [-0.1, -0.05) is 6.07 Å². The first-order valence-electron chi connectivity index (χ1n) is 6.06. The number of ether oxygens (including phenoxy) is 1. The molecular weight excluding hydrogens is 250 g/mol. The lowest BCUT2D eigenvalue weighted by Crippen LogP contribution is -2.24. The van der Waals surface area contributed by atoms with Gasteiger partial charge in [0.1, 0.15) is 5.75 Å². The number of hydrogen-bond donors (Lipinski definition) is 1. The predicted molar refractivity (Wildman–Crippen MR) is 70.9 cm³/mol. The van der Waals surface area contributed by atoms with Crippen molar-refractivity contribution in [2.45, 2.75) is 30.2 Å². The molecule has 0 saturated heterocycles. The van der Waals surface area contributed by atoms with Gasteiger partial charge in [0.2, 0.25) is 0 Å². The average molecular weight is 269 g/mol. The Hall–Kier alpha value is -1.07. The minimum absolute atomic E-state index is 0.0172. The van der Waals surface area contributed by atoms with E-state index in [2.05, 4.69) is 12.2 Å². The number of hydrogen-bond acceptors (Lipinski definition) is 4. The van der Waals surface area contributed by atoms with Gasteiger partial charge in [-0.05, 0) is 32.5 Å². The summed E-state index contributed by atoms with van der Waals surface area (Å²) in [7, 11) is 0.320. The molecule has 1 heterocycles. The molecule has 1 aliphatic heterocycles. The fraction of sp³-hybridized carbons (Fsp3) is 0.538. The van der Waals surface area contributed by atoms with Crippen LogP contribution < -0.4 is 10.1 Å². The summed E-state index contributed by atoms with van der Waals surface area (Å²) in [5.74, 6) is 0.889. The first kappa shape index (κ1) is 13.4. The highest BCUT2D eigenvalue weighted by molar-refractivity contribution is 7.91. The van der Waals surface area contributed by atoms with Crippen LogP contribution in [0.1, 0.15) is 24.8 Å². The molecule has 100 valence electrons. The highest BCUT2D eigenvalue weighted by Crippen LogP contribution is 2.42. The molecule has 0 amide bonds. The summed E-state index contributed by atoms with van der Waals surface area (Å²) in [6.07, 6.45) is 0.795. The fourth-order valence-corrected chi connectivity index (χ4v) is 4.44. The molecule has 0 saturated carbocycles. The van der Waals surface area contributed by atoms with E-state index in [1.165, 1.54) is 0 Å². The second kappa shape index (κ2) is 4.90. The Labute approximate surface area is 108 Å². The van der Waals surface area contributed by atoms with E-state index in [9.17, 15) is 8.42 Å². The molecule has 1 aromatic rings. The molecule has 1 aromatic carbocycles. The van der Waals surface area contributed by atoms with Crippen molar-refractivity contribution in [2.75, 3.05) is 19.9 Å². The third-order valence-electron chi connectivity index (χ3n) is 3.54. The summed E-state index contributed by atoms with van der Waals surface area (Å²) >= 11 is 0. The number of rotatable bonds is 4. The van der Waals surface area contributed by atoms with Crippen molar-refractivity contribution < 1.29 is 13.2 Å². The molecule has 1 N–H and O–H groups in total. The Morgan fingerprint density at radius 1 is 1.50 bits per heavy atom. The van der Waals surface area contributed by atoms with Crippen LogP contribution >= 0.6 is 0 Å². The van der Waals surface area contributed by atoms with E-state index in [0.717, 1.165) is 12.0 Å². The zero-order valence-corrected chi connectivity index (χ0v) is 11.8. The van der Waals surface area contributed by atoms with Gasteiger partial charge in [0.25, 0.3) is 0 Å². The monoisotopic (exact) mass is 269 g/mol. The molecular formula is C13H19NO3S. The molecule has 2 unspecified atom stereocenters. The van der Waals surface area contributed by atoms with Crippen LogP contribution in [0.5, 0.6) is 5.75 Å². The van der Waals surface area contributed by atoms with E-state index in [1.54, 1.807) is 19.2 Å². The molecule has 0 aliphatic carbocycles. The maximum absolute atomic E-state index is 12.1. The van der Waals surface area contributed by atoms with Gasteiger partial charge >= 0.3 is 0 Å². The third-order valence-corrected chi connectivity index (χ3v) is 5.41. The topological polar surface area (TPSA) is 55.4 Å². The van der Waals surface area contributed by atoms with Crippen LogP contribution in [0.15, 0.2) is 23.1 Å². The molecule has 2 atom stereocenters. The SMILES string of the molecule is CNC(C)CC1CS(=O)(=O)c2cccc(OC)c21. The predicted octanol–water partition coefficient (Wildman–Crippen LogP) is 1.56. The quantitative estimate of drug-likeness (QED) is 0.901. The van der Waals surface area contributed by atoms with Gasteiger partial charge in [0, 0.05) is 17.5 Å². The second-order valence-electron chi connectivity index (χ2n) is 4.78. The largest absolute Gasteiger partial charge is 0.496 e. The molecule has 4 nitrogen and oxygen atoms in total. The molecule has 18 heavy (non-hydrogen) atoms. The first-order chi connectivity index (χ1) is 8.49. The Bertz CT molecular complexity index is 539. The Morgan fingerprint density at radius 2 is 2.22 bits per heavy atom. The number of benzene rings is 1. The van der Waals surface area contributed by atoms with Crippen LogP contribution in [0.4, 0.5) is 0 Å². The van der Waals surface area contributed by atoms with Crippen molar-refractivity contribution in [3.8, 4) is 5.75 Å². The van der Waals surface area contributed by atoms with Crippen LogP contribution in [-0.4, -0.2) is 34.4 Å². The van der Waals surface area contributed by atoms with Crippen LogP contribution in [-0.2, 0) is 9.84 Å². The molecule has 0 spiro atoms. The van der Waals surface area contributed by atoms with Crippen LogP contribution in [0.3, 0.4) is 0 Å². The smallest absolute Gasteiger partial charge is 0.179 e. The van der Waals surface area contributed by atoms with Crippen molar-refractivity contribution in [3.05, 3.63) is 23.8 Å². The van der Waals surface area contributed by atoms with Gasteiger partial charge in [-0.2, -0.15) is 0 Å². The van der Waals surface area contributed by atoms with E-state index >= 15 is 0 Å². The van der Waals surface area contributed by atoms with E-state index < -0.39 is 9.84 Å². The van der Waals surface area contributed by atoms with E-state index in [0.29, 0.717) is 10.6 Å². The summed E-state index contributed by atoms with van der Waals surface area (Å²) < 4.78 is 29.6. The lowest BCUT2D eigenvalue weighted by atomic mass is 9.94. The van der Waals surface area contributed by atoms with Gasteiger partial charge in [0.05, 0.1) is 17.8 Å². The average Bonchev–Trinajstić information content (AvgIpc) is 2.61. The first-order valence-corrected chi connectivity index (χ1v) is 7.71. The highest BCUT2D eigenvalue weighted by Gasteiger charge is 2.37. The lowest BCUT2D eigenvalue weighted by Gasteiger charge is -2.17. The number of sulfone groups is 1. The normalized spacial score (nSPS) is 22.5. The highest BCUT2D eigenvalue weighted by atomic mass is 32.2. The standard InChI is InChI=1S/C13H19NO3S/c1-9(14-2)7-10-8-18(15,16)12-6-4-5-11(17-3)13(10)12/h4-6,9-10,14H,7-8H2,1-3H3. The summed E-state index contributed by atoms with van der Waals surface area (Å²) in [5, 5.41) is 3.15. The molecule has 0 radical (unpaired) electrons. The maximum atomic E-state index is 12.1. The number of nitrogens with one attached hydrogen (secondary N) is 1. The molecule has 2 rings (SSSR count). The number of methoxy groups -OCH3 is 1. The van der Waals surface area contributed by atoms with E-state index in [4.69, 9.17) is 4.74 Å². The van der Waals surface area contributed by atoms with Crippen LogP contribution in [0.25, 0.3) is 0 Å². The zero-order valence-electron chi connectivity index (χ0n) is 10.9. The van der Waals surface area contributed by atoms with Crippen molar-refractivity contribution in [2.24, 2.45) is 0 Å².